The van der Waals surface area contributed by atoms with E-state index in [4.69, 9.17) is 14.2 Å². The minimum atomic E-state index is -4.87. The molecule has 1 saturated heterocycles. The molecule has 198 valence electrons. The van der Waals surface area contributed by atoms with Crippen molar-refractivity contribution < 1.29 is 36.2 Å². The fraction of sp³-hybridized carbons (Fsp3) is 0.364. The van der Waals surface area contributed by atoms with E-state index in [0.29, 0.717) is 35.2 Å². The molecule has 2 N–H and O–H groups in total. The summed E-state index contributed by atoms with van der Waals surface area (Å²) in [6, 6.07) is 4.98. The lowest BCUT2D eigenvalue weighted by atomic mass is 10.0. The quantitative estimate of drug-likeness (QED) is 0.386. The maximum atomic E-state index is 13.2. The lowest BCUT2D eigenvalue weighted by Crippen LogP contribution is -2.42. The number of carbonyl (C=O) groups excluding carboxylic acids is 1. The number of sulfonamides is 1. The van der Waals surface area contributed by atoms with Crippen LogP contribution in [0.3, 0.4) is 0 Å². The normalized spacial score (nSPS) is 16.8. The monoisotopic (exact) mass is 555 g/mol. The Labute approximate surface area is 215 Å². The zero-order chi connectivity index (χ0) is 26.4. The Kier molecular flexibility index (Phi) is 8.58. The Morgan fingerprint density at radius 2 is 2.11 bits per heavy atom. The molecule has 37 heavy (non-hydrogen) atoms. The SMILES string of the molecule is CCOc1cncc(-c2cnc(C(=O)N[C@@H](c3cccc(NS(=O)(=O)C(F)F)c3)[C@H]3COCCO3)s2)n1. The number of alkyl halides is 2. The van der Waals surface area contributed by atoms with Gasteiger partial charge in [0, 0.05) is 11.9 Å². The van der Waals surface area contributed by atoms with Crippen LogP contribution < -0.4 is 14.8 Å². The van der Waals surface area contributed by atoms with Crippen molar-refractivity contribution in [1.29, 1.82) is 0 Å². The number of nitrogens with zero attached hydrogens (tertiary/aromatic N) is 3. The number of hydrogen-bond donors (Lipinski definition) is 2. The standard InChI is InChI=1S/C22H23F2N5O6S2/c1-2-34-18-11-25-9-15(27-18)17-10-26-21(36-17)20(30)28-19(16-12-33-6-7-35-16)13-4-3-5-14(8-13)29-37(31,32)22(23)24/h3-5,8-11,16,19,22,29H,2,6-7,12H2,1H3,(H,28,30)/t16-,19+/m1/s1. The van der Waals surface area contributed by atoms with Crippen LogP contribution in [0.5, 0.6) is 5.88 Å². The summed E-state index contributed by atoms with van der Waals surface area (Å²) in [6.07, 6.45) is 3.88. The van der Waals surface area contributed by atoms with Crippen LogP contribution in [0.25, 0.3) is 10.6 Å². The minimum absolute atomic E-state index is 0.0851. The van der Waals surface area contributed by atoms with Crippen LogP contribution in [0.4, 0.5) is 14.5 Å². The molecule has 1 aliphatic heterocycles. The lowest BCUT2D eigenvalue weighted by molar-refractivity contribution is -0.101. The van der Waals surface area contributed by atoms with E-state index in [2.05, 4.69) is 20.3 Å². The van der Waals surface area contributed by atoms with E-state index in [1.165, 1.54) is 36.8 Å². The molecule has 0 aliphatic carbocycles. The molecular weight excluding hydrogens is 532 g/mol. The number of ether oxygens (including phenoxy) is 3. The van der Waals surface area contributed by atoms with Crippen molar-refractivity contribution in [3.63, 3.8) is 0 Å². The Morgan fingerprint density at radius 1 is 1.27 bits per heavy atom. The zero-order valence-corrected chi connectivity index (χ0v) is 21.1. The third kappa shape index (κ3) is 6.74. The lowest BCUT2D eigenvalue weighted by Gasteiger charge is -2.31. The second-order valence-corrected chi connectivity index (χ2v) is 10.4. The number of aromatic nitrogens is 3. The highest BCUT2D eigenvalue weighted by atomic mass is 32.2. The molecule has 1 fully saturated rings. The number of halogens is 2. The van der Waals surface area contributed by atoms with E-state index in [1.807, 2.05) is 11.6 Å². The van der Waals surface area contributed by atoms with Crippen molar-refractivity contribution >= 4 is 33.0 Å². The highest BCUT2D eigenvalue weighted by Gasteiger charge is 2.30. The van der Waals surface area contributed by atoms with Gasteiger partial charge in [0.25, 0.3) is 15.9 Å². The van der Waals surface area contributed by atoms with Gasteiger partial charge in [-0.05, 0) is 24.6 Å². The van der Waals surface area contributed by atoms with Crippen LogP contribution in [0.1, 0.15) is 28.3 Å². The van der Waals surface area contributed by atoms with E-state index < -0.39 is 33.8 Å². The summed E-state index contributed by atoms with van der Waals surface area (Å²) < 4.78 is 67.4. The van der Waals surface area contributed by atoms with E-state index in [1.54, 1.807) is 6.07 Å². The van der Waals surface area contributed by atoms with Crippen molar-refractivity contribution in [2.24, 2.45) is 0 Å². The zero-order valence-electron chi connectivity index (χ0n) is 19.5. The largest absolute Gasteiger partial charge is 0.477 e. The predicted octanol–water partition coefficient (Wildman–Crippen LogP) is 2.85. The molecule has 3 heterocycles. The molecule has 2 atom stereocenters. The summed E-state index contributed by atoms with van der Waals surface area (Å²) in [4.78, 5) is 26.4. The minimum Gasteiger partial charge on any atom is -0.477 e. The molecular formula is C22H23F2N5O6S2. The number of anilines is 1. The summed E-state index contributed by atoms with van der Waals surface area (Å²) in [5, 5.41) is 2.98. The van der Waals surface area contributed by atoms with Gasteiger partial charge in [-0.3, -0.25) is 14.5 Å². The Balaban J connectivity index is 1.57. The van der Waals surface area contributed by atoms with Gasteiger partial charge in [0.1, 0.15) is 11.8 Å². The smallest absolute Gasteiger partial charge is 0.355 e. The summed E-state index contributed by atoms with van der Waals surface area (Å²) in [6.45, 7) is 3.06. The fourth-order valence-corrected chi connectivity index (χ4v) is 4.80. The van der Waals surface area contributed by atoms with Gasteiger partial charge >= 0.3 is 5.76 Å². The van der Waals surface area contributed by atoms with Crippen molar-refractivity contribution in [2.75, 3.05) is 31.1 Å². The average molecular weight is 556 g/mol. The van der Waals surface area contributed by atoms with Crippen molar-refractivity contribution in [2.45, 2.75) is 24.8 Å². The first-order valence-electron chi connectivity index (χ1n) is 11.1. The molecule has 0 radical (unpaired) electrons. The van der Waals surface area contributed by atoms with Crippen LogP contribution in [0.2, 0.25) is 0 Å². The third-order valence-corrected chi connectivity index (χ3v) is 7.11. The summed E-state index contributed by atoms with van der Waals surface area (Å²) in [7, 11) is -4.87. The molecule has 0 unspecified atom stereocenters. The topological polar surface area (TPSA) is 142 Å². The Hall–Kier alpha value is -3.27. The van der Waals surface area contributed by atoms with Gasteiger partial charge in [0.05, 0.1) is 49.7 Å². The number of amides is 1. The van der Waals surface area contributed by atoms with Crippen LogP contribution >= 0.6 is 11.3 Å². The van der Waals surface area contributed by atoms with Crippen molar-refractivity contribution in [1.82, 2.24) is 20.3 Å². The van der Waals surface area contributed by atoms with Crippen molar-refractivity contribution in [3.8, 4) is 16.5 Å². The Bertz CT molecular complexity index is 1330. The second-order valence-electron chi connectivity index (χ2n) is 7.67. The third-order valence-electron chi connectivity index (χ3n) is 5.10. The van der Waals surface area contributed by atoms with E-state index in [0.717, 1.165) is 11.3 Å². The van der Waals surface area contributed by atoms with E-state index in [9.17, 15) is 22.0 Å². The van der Waals surface area contributed by atoms with Gasteiger partial charge in [-0.25, -0.2) is 18.4 Å². The van der Waals surface area contributed by atoms with Crippen LogP contribution in [-0.4, -0.2) is 67.6 Å². The molecule has 15 heteroatoms. The van der Waals surface area contributed by atoms with Gasteiger partial charge in [0.2, 0.25) is 5.88 Å². The molecule has 1 amide bonds. The molecule has 1 aromatic carbocycles. The maximum Gasteiger partial charge on any atom is 0.355 e. The number of rotatable bonds is 10. The summed E-state index contributed by atoms with van der Waals surface area (Å²) in [5.41, 5.74) is 0.825. The second kappa shape index (κ2) is 11.9. The molecule has 1 aliphatic rings. The highest BCUT2D eigenvalue weighted by Crippen LogP contribution is 2.28. The first-order valence-corrected chi connectivity index (χ1v) is 13.4. The van der Waals surface area contributed by atoms with Crippen LogP contribution in [-0.2, 0) is 19.5 Å². The Morgan fingerprint density at radius 3 is 2.84 bits per heavy atom. The highest BCUT2D eigenvalue weighted by molar-refractivity contribution is 7.93. The van der Waals surface area contributed by atoms with E-state index in [-0.39, 0.29) is 23.9 Å². The molecule has 2 aromatic heterocycles. The fourth-order valence-electron chi connectivity index (χ4n) is 3.48. The molecule has 3 aromatic rings. The molecule has 0 saturated carbocycles. The molecule has 0 bridgehead atoms. The van der Waals surface area contributed by atoms with Gasteiger partial charge in [-0.1, -0.05) is 12.1 Å². The van der Waals surface area contributed by atoms with Crippen molar-refractivity contribution in [3.05, 3.63) is 53.4 Å². The van der Waals surface area contributed by atoms with Gasteiger partial charge in [0.15, 0.2) is 5.01 Å². The number of nitrogens with one attached hydrogen (secondary N) is 2. The number of benzene rings is 1. The maximum absolute atomic E-state index is 13.2. The van der Waals surface area contributed by atoms with E-state index >= 15 is 0 Å². The van der Waals surface area contributed by atoms with Crippen LogP contribution in [0, 0.1) is 0 Å². The number of carbonyl (C=O) groups is 1. The van der Waals surface area contributed by atoms with Gasteiger partial charge < -0.3 is 19.5 Å². The molecule has 0 spiro atoms. The average Bonchev–Trinajstić information content (AvgIpc) is 3.39. The summed E-state index contributed by atoms with van der Waals surface area (Å²) in [5.74, 6) is -3.78. The van der Waals surface area contributed by atoms with Gasteiger partial charge in [-0.15, -0.1) is 11.3 Å². The molecule has 4 rings (SSSR count). The number of thiazole rings is 1. The number of hydrogen-bond acceptors (Lipinski definition) is 10. The predicted molar refractivity (Wildman–Crippen MR) is 130 cm³/mol. The van der Waals surface area contributed by atoms with Crippen LogP contribution in [0.15, 0.2) is 42.9 Å². The molecule has 11 nitrogen and oxygen atoms in total. The summed E-state index contributed by atoms with van der Waals surface area (Å²) >= 11 is 1.09. The first-order chi connectivity index (χ1) is 17.8. The van der Waals surface area contributed by atoms with Gasteiger partial charge in [-0.2, -0.15) is 8.78 Å². The first kappa shape index (κ1) is 26.8.